The first-order chi connectivity index (χ1) is 27.5. The highest BCUT2D eigenvalue weighted by molar-refractivity contribution is 7.26. The molecule has 0 fully saturated rings. The Morgan fingerprint density at radius 1 is 0.429 bits per heavy atom. The van der Waals surface area contributed by atoms with Crippen LogP contribution < -0.4 is 0 Å². The summed E-state index contributed by atoms with van der Waals surface area (Å²) in [6.07, 6.45) is 6.84. The first kappa shape index (κ1) is 32.0. The molecule has 0 bridgehead atoms. The first-order valence-electron chi connectivity index (χ1n) is 19.9. The summed E-state index contributed by atoms with van der Waals surface area (Å²) in [5.74, 6) is 0. The van der Waals surface area contributed by atoms with Crippen LogP contribution in [-0.4, -0.2) is 0 Å². The minimum absolute atomic E-state index is 0.0887. The van der Waals surface area contributed by atoms with Crippen LogP contribution in [0, 0.1) is 0 Å². The lowest BCUT2D eigenvalue weighted by Crippen LogP contribution is -2.15. The Hall–Kier alpha value is -6.28. The number of hydrogen-bond donors (Lipinski definition) is 0. The molecule has 56 heavy (non-hydrogen) atoms. The molecule has 1 aromatic heterocycles. The highest BCUT2D eigenvalue weighted by Crippen LogP contribution is 2.54. The molecule has 0 aliphatic heterocycles. The largest absolute Gasteiger partial charge is 0.135 e. The topological polar surface area (TPSA) is 0 Å². The summed E-state index contributed by atoms with van der Waals surface area (Å²) in [5, 5.41) is 13.3. The summed E-state index contributed by atoms with van der Waals surface area (Å²) in [4.78, 5) is 0. The van der Waals surface area contributed by atoms with Crippen LogP contribution in [0.4, 0.5) is 0 Å². The van der Waals surface area contributed by atoms with Gasteiger partial charge in [-0.3, -0.25) is 0 Å². The Morgan fingerprint density at radius 3 is 1.79 bits per heavy atom. The van der Waals surface area contributed by atoms with E-state index in [1.807, 2.05) is 11.3 Å². The van der Waals surface area contributed by atoms with Gasteiger partial charge < -0.3 is 0 Å². The maximum Gasteiger partial charge on any atom is 0.0440 e. The quantitative estimate of drug-likeness (QED) is 0.159. The number of benzene rings is 9. The second kappa shape index (κ2) is 11.9. The third-order valence-electron chi connectivity index (χ3n) is 13.0. The van der Waals surface area contributed by atoms with Gasteiger partial charge in [-0.05, 0) is 124 Å². The first-order valence-corrected chi connectivity index (χ1v) is 20.7. The molecule has 2 aliphatic rings. The van der Waals surface area contributed by atoms with Gasteiger partial charge in [-0.15, -0.1) is 11.3 Å². The number of rotatable bonds is 3. The minimum Gasteiger partial charge on any atom is -0.135 e. The van der Waals surface area contributed by atoms with Crippen molar-refractivity contribution in [2.24, 2.45) is 0 Å². The fourth-order valence-electron chi connectivity index (χ4n) is 10.2. The molecule has 0 spiro atoms. The highest BCUT2D eigenvalue weighted by Gasteiger charge is 2.37. The smallest absolute Gasteiger partial charge is 0.0440 e. The van der Waals surface area contributed by atoms with Crippen LogP contribution in [0.5, 0.6) is 0 Å². The van der Waals surface area contributed by atoms with Crippen molar-refractivity contribution < 1.29 is 0 Å². The van der Waals surface area contributed by atoms with Crippen molar-refractivity contribution >= 4 is 85.7 Å². The van der Waals surface area contributed by atoms with E-state index in [0.29, 0.717) is 0 Å². The maximum atomic E-state index is 2.51. The van der Waals surface area contributed by atoms with Crippen molar-refractivity contribution in [1.82, 2.24) is 0 Å². The highest BCUT2D eigenvalue weighted by atomic mass is 32.1. The molecule has 1 heteroatoms. The summed E-state index contributed by atoms with van der Waals surface area (Å²) < 4.78 is 2.77. The monoisotopic (exact) mass is 730 g/mol. The van der Waals surface area contributed by atoms with Crippen LogP contribution in [0.2, 0.25) is 0 Å². The van der Waals surface area contributed by atoms with E-state index >= 15 is 0 Å². The van der Waals surface area contributed by atoms with Gasteiger partial charge in [-0.25, -0.2) is 0 Å². The Labute approximate surface area is 330 Å². The fourth-order valence-corrected chi connectivity index (χ4v) is 11.5. The number of hydrogen-bond acceptors (Lipinski definition) is 1. The molecule has 0 amide bonds. The summed E-state index contributed by atoms with van der Waals surface area (Å²) >= 11 is 1.94. The molecule has 264 valence electrons. The Kier molecular flexibility index (Phi) is 6.78. The summed E-state index contributed by atoms with van der Waals surface area (Å²) in [5.41, 5.74) is 13.7. The van der Waals surface area contributed by atoms with Crippen LogP contribution in [0.1, 0.15) is 48.9 Å². The summed E-state index contributed by atoms with van der Waals surface area (Å²) in [6.45, 7) is 4.84. The molecule has 0 saturated carbocycles. The standard InChI is InChI=1S/C55H38S/c1-55(2)47-30-27-36-25-28-45-40-13-9-10-18-49(40)56-54(45)52(36)53(47)46-29-26-38(32-48(46)55)34-19-22-35(23-20-34)50-41-14-5-7-16-43(41)51(44-17-8-6-15-42(44)50)39-24-21-33-11-3-4-12-37(33)31-39/h3-19,21-22,24-32H,20,23H2,1-2H3. The second-order valence-corrected chi connectivity index (χ2v) is 17.4. The molecular formula is C55H38S. The van der Waals surface area contributed by atoms with E-state index in [4.69, 9.17) is 0 Å². The van der Waals surface area contributed by atoms with E-state index in [2.05, 4.69) is 184 Å². The van der Waals surface area contributed by atoms with E-state index in [0.717, 1.165) is 12.8 Å². The lowest BCUT2D eigenvalue weighted by molar-refractivity contribution is 0.660. The van der Waals surface area contributed by atoms with E-state index in [9.17, 15) is 0 Å². The van der Waals surface area contributed by atoms with Gasteiger partial charge in [-0.1, -0.05) is 166 Å². The molecular weight excluding hydrogens is 693 g/mol. The summed E-state index contributed by atoms with van der Waals surface area (Å²) in [6, 6.07) is 59.3. The second-order valence-electron chi connectivity index (χ2n) is 16.3. The molecule has 12 rings (SSSR count). The van der Waals surface area contributed by atoms with Gasteiger partial charge in [0.25, 0.3) is 0 Å². The zero-order chi connectivity index (χ0) is 37.1. The lowest BCUT2D eigenvalue weighted by atomic mass is 9.80. The third kappa shape index (κ3) is 4.53. The zero-order valence-electron chi connectivity index (χ0n) is 31.5. The Bertz CT molecular complexity index is 3330. The predicted octanol–water partition coefficient (Wildman–Crippen LogP) is 15.9. The van der Waals surface area contributed by atoms with Crippen molar-refractivity contribution in [2.75, 3.05) is 0 Å². The van der Waals surface area contributed by atoms with Gasteiger partial charge in [0.2, 0.25) is 0 Å². The lowest BCUT2D eigenvalue weighted by Gasteiger charge is -2.24. The average Bonchev–Trinajstić information content (AvgIpc) is 3.74. The molecule has 0 unspecified atom stereocenters. The van der Waals surface area contributed by atoms with Gasteiger partial charge in [0, 0.05) is 31.0 Å². The van der Waals surface area contributed by atoms with E-state index in [1.165, 1.54) is 119 Å². The molecule has 9 aromatic carbocycles. The average molecular weight is 731 g/mol. The van der Waals surface area contributed by atoms with Crippen LogP contribution in [-0.2, 0) is 5.41 Å². The van der Waals surface area contributed by atoms with Gasteiger partial charge in [0.05, 0.1) is 0 Å². The van der Waals surface area contributed by atoms with Gasteiger partial charge in [0.1, 0.15) is 0 Å². The Morgan fingerprint density at radius 2 is 1.04 bits per heavy atom. The van der Waals surface area contributed by atoms with Crippen molar-refractivity contribution in [3.8, 4) is 22.3 Å². The van der Waals surface area contributed by atoms with Crippen molar-refractivity contribution in [1.29, 1.82) is 0 Å². The van der Waals surface area contributed by atoms with E-state index in [1.54, 1.807) is 0 Å². The molecule has 1 heterocycles. The molecule has 0 atom stereocenters. The molecule has 0 saturated heterocycles. The number of allylic oxidation sites excluding steroid dienone is 4. The number of thiophene rings is 1. The summed E-state index contributed by atoms with van der Waals surface area (Å²) in [7, 11) is 0. The molecule has 0 nitrogen and oxygen atoms in total. The van der Waals surface area contributed by atoms with Gasteiger partial charge >= 0.3 is 0 Å². The third-order valence-corrected chi connectivity index (χ3v) is 14.2. The van der Waals surface area contributed by atoms with Gasteiger partial charge in [-0.2, -0.15) is 0 Å². The SMILES string of the molecule is CC1(C)c2cc(C3=CC=C(c4c5ccccc5c(-c5ccc6ccccc6c5)c5ccccc45)CC3)ccc2-c2c1ccc1ccc3c4ccccc4sc3c21. The van der Waals surface area contributed by atoms with E-state index in [-0.39, 0.29) is 5.41 Å². The zero-order valence-corrected chi connectivity index (χ0v) is 32.3. The molecule has 0 radical (unpaired) electrons. The van der Waals surface area contributed by atoms with Crippen molar-refractivity contribution in [3.63, 3.8) is 0 Å². The van der Waals surface area contributed by atoms with Crippen molar-refractivity contribution in [2.45, 2.75) is 32.1 Å². The fraction of sp³-hybridized carbons (Fsp3) is 0.0909. The van der Waals surface area contributed by atoms with Crippen molar-refractivity contribution in [3.05, 3.63) is 192 Å². The maximum absolute atomic E-state index is 2.51. The molecule has 2 aliphatic carbocycles. The van der Waals surface area contributed by atoms with E-state index < -0.39 is 0 Å². The number of fused-ring (bicyclic) bond motifs is 12. The normalized spacial score (nSPS) is 14.8. The molecule has 10 aromatic rings. The minimum atomic E-state index is -0.0887. The van der Waals surface area contributed by atoms with Crippen LogP contribution in [0.15, 0.2) is 170 Å². The van der Waals surface area contributed by atoms with Crippen LogP contribution in [0.25, 0.3) is 96.7 Å². The van der Waals surface area contributed by atoms with Crippen LogP contribution in [0.3, 0.4) is 0 Å². The Balaban J connectivity index is 0.984. The van der Waals surface area contributed by atoms with Gasteiger partial charge in [0.15, 0.2) is 0 Å². The predicted molar refractivity (Wildman–Crippen MR) is 244 cm³/mol. The molecule has 0 N–H and O–H groups in total. The van der Waals surface area contributed by atoms with Crippen LogP contribution >= 0.6 is 11.3 Å².